The lowest BCUT2D eigenvalue weighted by Gasteiger charge is -2.16. The van der Waals surface area contributed by atoms with Crippen molar-refractivity contribution in [2.24, 2.45) is 0 Å². The first-order chi connectivity index (χ1) is 15.3. The molecule has 0 radical (unpaired) electrons. The minimum atomic E-state index is -4.73. The second kappa shape index (κ2) is 8.74. The number of rotatable bonds is 6. The third-order valence-corrected chi connectivity index (χ3v) is 4.65. The van der Waals surface area contributed by atoms with Crippen LogP contribution in [0.3, 0.4) is 0 Å². The Morgan fingerprint density at radius 3 is 2.12 bits per heavy atom. The molecule has 8 heteroatoms. The summed E-state index contributed by atoms with van der Waals surface area (Å²) < 4.78 is 52.4. The molecular weight excluding hydrogens is 421 g/mol. The van der Waals surface area contributed by atoms with Gasteiger partial charge in [0.15, 0.2) is 0 Å². The molecule has 4 rings (SSSR count). The number of alkyl halides is 3. The van der Waals surface area contributed by atoms with E-state index in [1.54, 1.807) is 24.5 Å². The highest BCUT2D eigenvalue weighted by atomic mass is 19.4. The predicted molar refractivity (Wildman–Crippen MR) is 114 cm³/mol. The maximum absolute atomic E-state index is 12.3. The van der Waals surface area contributed by atoms with E-state index in [0.717, 1.165) is 33.5 Å². The van der Waals surface area contributed by atoms with Gasteiger partial charge in [0.25, 0.3) is 0 Å². The van der Waals surface area contributed by atoms with Gasteiger partial charge in [-0.3, -0.25) is 9.97 Å². The molecule has 0 aliphatic rings. The van der Waals surface area contributed by atoms with Crippen molar-refractivity contribution in [3.05, 3.63) is 72.7 Å². The first-order valence-corrected chi connectivity index (χ1v) is 9.85. The molecule has 0 atom stereocenters. The van der Waals surface area contributed by atoms with Gasteiger partial charge in [-0.15, -0.1) is 13.2 Å². The molecule has 0 unspecified atom stereocenters. The minimum absolute atomic E-state index is 0.307. The number of fused-ring (bicyclic) bond motifs is 1. The van der Waals surface area contributed by atoms with Crippen molar-refractivity contribution in [2.75, 3.05) is 6.61 Å². The molecule has 2 aromatic carbocycles. The largest absolute Gasteiger partial charge is 0.573 e. The lowest BCUT2D eigenvalue weighted by Crippen LogP contribution is -2.16. The van der Waals surface area contributed by atoms with Crippen molar-refractivity contribution in [3.8, 4) is 34.1 Å². The van der Waals surface area contributed by atoms with Crippen LogP contribution in [0.1, 0.15) is 12.6 Å². The molecule has 0 N–H and O–H groups in total. The van der Waals surface area contributed by atoms with Crippen LogP contribution in [0.15, 0.2) is 67.0 Å². The van der Waals surface area contributed by atoms with Gasteiger partial charge in [-0.1, -0.05) is 12.1 Å². The van der Waals surface area contributed by atoms with Gasteiger partial charge in [0.2, 0.25) is 0 Å². The van der Waals surface area contributed by atoms with Crippen LogP contribution in [0.5, 0.6) is 23.0 Å². The average molecular weight is 440 g/mol. The van der Waals surface area contributed by atoms with Crippen molar-refractivity contribution in [2.45, 2.75) is 20.2 Å². The van der Waals surface area contributed by atoms with Crippen molar-refractivity contribution in [1.29, 1.82) is 0 Å². The zero-order chi connectivity index (χ0) is 22.7. The van der Waals surface area contributed by atoms with E-state index >= 15 is 0 Å². The quantitative estimate of drug-likeness (QED) is 0.334. The molecule has 0 aliphatic carbocycles. The zero-order valence-electron chi connectivity index (χ0n) is 17.3. The van der Waals surface area contributed by atoms with E-state index in [2.05, 4.69) is 14.7 Å². The highest BCUT2D eigenvalue weighted by molar-refractivity contribution is 5.93. The fourth-order valence-corrected chi connectivity index (χ4v) is 3.37. The van der Waals surface area contributed by atoms with Crippen LogP contribution >= 0.6 is 0 Å². The van der Waals surface area contributed by atoms with Gasteiger partial charge in [0.05, 0.1) is 18.3 Å². The molecule has 0 saturated heterocycles. The number of aromatic nitrogens is 2. The van der Waals surface area contributed by atoms with Crippen LogP contribution in [-0.4, -0.2) is 22.9 Å². The van der Waals surface area contributed by atoms with Gasteiger partial charge in [-0.05, 0) is 61.9 Å². The number of hydrogen-bond acceptors (Lipinski definition) is 5. The summed E-state index contributed by atoms with van der Waals surface area (Å²) in [5.74, 6) is 1.36. The molecule has 0 saturated carbocycles. The summed E-state index contributed by atoms with van der Waals surface area (Å²) in [6.07, 6.45) is -1.32. The van der Waals surface area contributed by atoms with Crippen molar-refractivity contribution < 1.29 is 27.4 Å². The highest BCUT2D eigenvalue weighted by Gasteiger charge is 2.31. The van der Waals surface area contributed by atoms with Gasteiger partial charge < -0.3 is 14.2 Å². The number of aryl methyl sites for hydroxylation is 1. The molecule has 0 spiro atoms. The average Bonchev–Trinajstić information content (AvgIpc) is 2.75. The van der Waals surface area contributed by atoms with E-state index < -0.39 is 6.36 Å². The standard InChI is InChI=1S/C24H19F3N2O3/c1-3-30-23-20-12-13-28-14-21(20)29-15(2)22(23)16-4-6-17(7-5-16)31-18-8-10-19(11-9-18)32-24(25,26)27/h4-14H,3H2,1-2H3. The van der Waals surface area contributed by atoms with E-state index in [9.17, 15) is 13.2 Å². The van der Waals surface area contributed by atoms with Gasteiger partial charge >= 0.3 is 6.36 Å². The summed E-state index contributed by atoms with van der Waals surface area (Å²) in [6, 6.07) is 14.4. The van der Waals surface area contributed by atoms with Gasteiger partial charge in [0.1, 0.15) is 23.0 Å². The SMILES string of the molecule is CCOc1c(-c2ccc(Oc3ccc(OC(F)(F)F)cc3)cc2)c(C)nc2cnccc12. The van der Waals surface area contributed by atoms with E-state index in [0.29, 0.717) is 18.1 Å². The fourth-order valence-electron chi connectivity index (χ4n) is 3.37. The number of halogens is 3. The Hall–Kier alpha value is -3.81. The number of nitrogens with zero attached hydrogens (tertiary/aromatic N) is 2. The van der Waals surface area contributed by atoms with Crippen LogP contribution in [0, 0.1) is 6.92 Å². The summed E-state index contributed by atoms with van der Waals surface area (Å²) in [4.78, 5) is 8.79. The minimum Gasteiger partial charge on any atom is -0.492 e. The smallest absolute Gasteiger partial charge is 0.492 e. The third-order valence-electron chi connectivity index (χ3n) is 4.65. The van der Waals surface area contributed by atoms with E-state index in [1.807, 2.05) is 32.0 Å². The topological polar surface area (TPSA) is 53.5 Å². The maximum atomic E-state index is 12.3. The van der Waals surface area contributed by atoms with Crippen molar-refractivity contribution >= 4 is 10.9 Å². The molecule has 0 amide bonds. The van der Waals surface area contributed by atoms with Gasteiger partial charge in [0, 0.05) is 22.8 Å². The van der Waals surface area contributed by atoms with Crippen molar-refractivity contribution in [1.82, 2.24) is 9.97 Å². The lowest BCUT2D eigenvalue weighted by atomic mass is 10.0. The van der Waals surface area contributed by atoms with E-state index in [-0.39, 0.29) is 5.75 Å². The number of hydrogen-bond donors (Lipinski definition) is 0. The molecule has 0 fully saturated rings. The van der Waals surface area contributed by atoms with Crippen LogP contribution < -0.4 is 14.2 Å². The Labute approximate surface area is 182 Å². The summed E-state index contributed by atoms with van der Waals surface area (Å²) in [7, 11) is 0. The van der Waals surface area contributed by atoms with Crippen LogP contribution in [0.4, 0.5) is 13.2 Å². The fraction of sp³-hybridized carbons (Fsp3) is 0.167. The molecule has 2 aromatic heterocycles. The second-order valence-corrected chi connectivity index (χ2v) is 6.87. The normalized spacial score (nSPS) is 11.4. The van der Waals surface area contributed by atoms with Gasteiger partial charge in [-0.25, -0.2) is 0 Å². The van der Waals surface area contributed by atoms with Crippen molar-refractivity contribution in [3.63, 3.8) is 0 Å². The second-order valence-electron chi connectivity index (χ2n) is 6.87. The highest BCUT2D eigenvalue weighted by Crippen LogP contribution is 2.39. The van der Waals surface area contributed by atoms with Crippen LogP contribution in [0.25, 0.3) is 22.0 Å². The summed E-state index contributed by atoms with van der Waals surface area (Å²) >= 11 is 0. The first kappa shape index (κ1) is 21.4. The van der Waals surface area contributed by atoms with Gasteiger partial charge in [-0.2, -0.15) is 0 Å². The van der Waals surface area contributed by atoms with E-state index in [4.69, 9.17) is 9.47 Å². The summed E-state index contributed by atoms with van der Waals surface area (Å²) in [5.41, 5.74) is 3.35. The Morgan fingerprint density at radius 1 is 0.875 bits per heavy atom. The summed E-state index contributed by atoms with van der Waals surface area (Å²) in [5, 5.41) is 0.879. The number of ether oxygens (including phenoxy) is 3. The molecule has 2 heterocycles. The van der Waals surface area contributed by atoms with E-state index in [1.165, 1.54) is 24.3 Å². The predicted octanol–water partition coefficient (Wildman–Crippen LogP) is 6.69. The molecule has 0 bridgehead atoms. The zero-order valence-corrected chi connectivity index (χ0v) is 17.3. The molecule has 0 aliphatic heterocycles. The van der Waals surface area contributed by atoms with Crippen LogP contribution in [0.2, 0.25) is 0 Å². The summed E-state index contributed by atoms with van der Waals surface area (Å²) in [6.45, 7) is 4.34. The molecule has 4 aromatic rings. The maximum Gasteiger partial charge on any atom is 0.573 e. The third kappa shape index (κ3) is 4.74. The molecular formula is C24H19F3N2O3. The Bertz CT molecular complexity index is 1220. The monoisotopic (exact) mass is 440 g/mol. The lowest BCUT2D eigenvalue weighted by molar-refractivity contribution is -0.274. The first-order valence-electron chi connectivity index (χ1n) is 9.85. The molecule has 32 heavy (non-hydrogen) atoms. The molecule has 164 valence electrons. The Balaban J connectivity index is 1.60. The Morgan fingerprint density at radius 2 is 1.50 bits per heavy atom. The molecule has 5 nitrogen and oxygen atoms in total. The Kier molecular flexibility index (Phi) is 5.85. The van der Waals surface area contributed by atoms with Crippen LogP contribution in [-0.2, 0) is 0 Å². The number of pyridine rings is 2. The number of benzene rings is 2.